The van der Waals surface area contributed by atoms with Gasteiger partial charge >= 0.3 is 0 Å². The Balaban J connectivity index is 1.69. The van der Waals surface area contributed by atoms with E-state index >= 15 is 0 Å². The monoisotopic (exact) mass is 403 g/mol. The third-order valence-electron chi connectivity index (χ3n) is 4.31. The maximum Gasteiger partial charge on any atom is 0.190 e. The Bertz CT molecular complexity index is 968. The van der Waals surface area contributed by atoms with Gasteiger partial charge in [-0.05, 0) is 43.0 Å². The van der Waals surface area contributed by atoms with Crippen LogP contribution in [0.2, 0.25) is 5.02 Å². The number of hydrazone groups is 1. The highest BCUT2D eigenvalue weighted by molar-refractivity contribution is 7.98. The Morgan fingerprint density at radius 1 is 1.31 bits per heavy atom. The summed E-state index contributed by atoms with van der Waals surface area (Å²) >= 11 is 9.23. The average molecular weight is 404 g/mol. The van der Waals surface area contributed by atoms with Crippen LogP contribution < -0.4 is 5.43 Å². The Morgan fingerprint density at radius 3 is 2.88 bits per heavy atom. The first kappa shape index (κ1) is 17.7. The van der Waals surface area contributed by atoms with Gasteiger partial charge in [-0.1, -0.05) is 35.5 Å². The summed E-state index contributed by atoms with van der Waals surface area (Å²) in [5.41, 5.74) is 5.48. The maximum absolute atomic E-state index is 5.92. The van der Waals surface area contributed by atoms with Crippen molar-refractivity contribution in [3.63, 3.8) is 0 Å². The van der Waals surface area contributed by atoms with E-state index in [9.17, 15) is 0 Å². The highest BCUT2D eigenvalue weighted by Crippen LogP contribution is 2.38. The standard InChI is InChI=1S/C18H18ClN5S2/c1-24-8-7-13-14(10-24)26-17-15(13)16(21-18(22-17)25-2)23-20-9-11-3-5-12(19)6-4-11/h3-6,9H,7-8,10H2,1-2H3,(H,21,22,23)/b20-9+. The van der Waals surface area contributed by atoms with Gasteiger partial charge in [0.1, 0.15) is 4.83 Å². The number of nitrogens with one attached hydrogen (secondary N) is 1. The van der Waals surface area contributed by atoms with E-state index in [1.54, 1.807) is 29.3 Å². The summed E-state index contributed by atoms with van der Waals surface area (Å²) in [6, 6.07) is 7.56. The van der Waals surface area contributed by atoms with Gasteiger partial charge in [0.15, 0.2) is 11.0 Å². The van der Waals surface area contributed by atoms with Crippen LogP contribution in [-0.2, 0) is 13.0 Å². The predicted molar refractivity (Wildman–Crippen MR) is 112 cm³/mol. The zero-order valence-electron chi connectivity index (χ0n) is 14.5. The second kappa shape index (κ2) is 7.52. The first-order valence-corrected chi connectivity index (χ1v) is 10.7. The molecule has 0 aliphatic carbocycles. The zero-order chi connectivity index (χ0) is 18.1. The second-order valence-electron chi connectivity index (χ2n) is 6.15. The van der Waals surface area contributed by atoms with Crippen LogP contribution in [0.25, 0.3) is 10.2 Å². The molecular weight excluding hydrogens is 386 g/mol. The number of anilines is 1. The van der Waals surface area contributed by atoms with Crippen LogP contribution in [0, 0.1) is 0 Å². The van der Waals surface area contributed by atoms with Crippen LogP contribution in [0.1, 0.15) is 16.0 Å². The SMILES string of the molecule is CSc1nc(N/N=C/c2ccc(Cl)cc2)c2c3c(sc2n1)CN(C)CC3. The van der Waals surface area contributed by atoms with E-state index in [-0.39, 0.29) is 0 Å². The summed E-state index contributed by atoms with van der Waals surface area (Å²) in [5.74, 6) is 0.784. The molecule has 0 saturated carbocycles. The first-order chi connectivity index (χ1) is 12.6. The number of nitrogens with zero attached hydrogens (tertiary/aromatic N) is 4. The van der Waals surface area contributed by atoms with Crippen molar-refractivity contribution >= 4 is 56.9 Å². The molecule has 1 aliphatic rings. The fourth-order valence-electron chi connectivity index (χ4n) is 2.99. The smallest absolute Gasteiger partial charge is 0.190 e. The molecule has 0 atom stereocenters. The van der Waals surface area contributed by atoms with Crippen molar-refractivity contribution in [3.8, 4) is 0 Å². The highest BCUT2D eigenvalue weighted by Gasteiger charge is 2.22. The summed E-state index contributed by atoms with van der Waals surface area (Å²) in [6.07, 6.45) is 4.78. The molecule has 3 heterocycles. The van der Waals surface area contributed by atoms with Gasteiger partial charge in [0.25, 0.3) is 0 Å². The first-order valence-electron chi connectivity index (χ1n) is 8.23. The fraction of sp³-hybridized carbons (Fsp3) is 0.278. The van der Waals surface area contributed by atoms with Crippen molar-refractivity contribution in [1.29, 1.82) is 0 Å². The molecule has 26 heavy (non-hydrogen) atoms. The molecule has 0 amide bonds. The van der Waals surface area contributed by atoms with Crippen molar-refractivity contribution in [3.05, 3.63) is 45.3 Å². The van der Waals surface area contributed by atoms with Crippen LogP contribution >= 0.6 is 34.7 Å². The van der Waals surface area contributed by atoms with Gasteiger partial charge in [0.2, 0.25) is 0 Å². The fourth-order valence-corrected chi connectivity index (χ4v) is 4.84. The second-order valence-corrected chi connectivity index (χ2v) is 8.45. The molecule has 1 aromatic carbocycles. The van der Waals surface area contributed by atoms with Gasteiger partial charge in [-0.3, -0.25) is 5.43 Å². The molecule has 8 heteroatoms. The van der Waals surface area contributed by atoms with Gasteiger partial charge in [0.05, 0.1) is 11.6 Å². The molecule has 0 radical (unpaired) electrons. The van der Waals surface area contributed by atoms with E-state index in [1.807, 2.05) is 30.5 Å². The van der Waals surface area contributed by atoms with Crippen molar-refractivity contribution < 1.29 is 0 Å². The zero-order valence-corrected chi connectivity index (χ0v) is 16.9. The van der Waals surface area contributed by atoms with Crippen molar-refractivity contribution in [2.24, 2.45) is 5.10 Å². The molecule has 5 nitrogen and oxygen atoms in total. The minimum Gasteiger partial charge on any atom is -0.301 e. The number of thioether (sulfide) groups is 1. The van der Waals surface area contributed by atoms with Crippen LogP contribution in [0.4, 0.5) is 5.82 Å². The third-order valence-corrected chi connectivity index (χ3v) is 6.22. The summed E-state index contributed by atoms with van der Waals surface area (Å²) in [7, 11) is 2.15. The van der Waals surface area contributed by atoms with E-state index in [0.717, 1.165) is 46.3 Å². The molecule has 3 aromatic rings. The predicted octanol–water partition coefficient (Wildman–Crippen LogP) is 4.50. The molecule has 0 bridgehead atoms. The van der Waals surface area contributed by atoms with Gasteiger partial charge in [-0.15, -0.1) is 11.3 Å². The number of rotatable bonds is 4. The Morgan fingerprint density at radius 2 is 2.12 bits per heavy atom. The Kier molecular flexibility index (Phi) is 5.13. The summed E-state index contributed by atoms with van der Waals surface area (Å²) < 4.78 is 0. The van der Waals surface area contributed by atoms with Crippen LogP contribution in [0.3, 0.4) is 0 Å². The number of aromatic nitrogens is 2. The quantitative estimate of drug-likeness (QED) is 0.301. The van der Waals surface area contributed by atoms with Gasteiger partial charge in [-0.2, -0.15) is 5.10 Å². The highest BCUT2D eigenvalue weighted by atomic mass is 35.5. The minimum atomic E-state index is 0.715. The van der Waals surface area contributed by atoms with Crippen LogP contribution in [0.5, 0.6) is 0 Å². The number of fused-ring (bicyclic) bond motifs is 3. The topological polar surface area (TPSA) is 53.4 Å². The van der Waals surface area contributed by atoms with E-state index in [1.165, 1.54) is 10.4 Å². The van der Waals surface area contributed by atoms with Crippen LogP contribution in [0.15, 0.2) is 34.5 Å². The molecule has 0 spiro atoms. The average Bonchev–Trinajstić information content (AvgIpc) is 3.00. The summed E-state index contributed by atoms with van der Waals surface area (Å²) in [6.45, 7) is 2.02. The molecule has 4 rings (SSSR count). The molecule has 1 aliphatic heterocycles. The minimum absolute atomic E-state index is 0.715. The normalized spacial score (nSPS) is 14.9. The van der Waals surface area contributed by atoms with E-state index in [4.69, 9.17) is 16.6 Å². The Labute approximate surface area is 165 Å². The number of hydrogen-bond donors (Lipinski definition) is 1. The molecule has 0 fully saturated rings. The lowest BCUT2D eigenvalue weighted by atomic mass is 10.1. The number of likely N-dealkylation sites (N-methyl/N-ethyl adjacent to an activating group) is 1. The molecule has 2 aromatic heterocycles. The van der Waals surface area contributed by atoms with Crippen molar-refractivity contribution in [2.75, 3.05) is 25.3 Å². The number of hydrogen-bond acceptors (Lipinski definition) is 7. The number of thiophene rings is 1. The lowest BCUT2D eigenvalue weighted by Crippen LogP contribution is -2.25. The number of benzene rings is 1. The lowest BCUT2D eigenvalue weighted by Gasteiger charge is -2.22. The number of halogens is 1. The molecule has 0 unspecified atom stereocenters. The largest absolute Gasteiger partial charge is 0.301 e. The Hall–Kier alpha value is -1.67. The van der Waals surface area contributed by atoms with E-state index in [2.05, 4.69) is 27.5 Å². The summed E-state index contributed by atoms with van der Waals surface area (Å²) in [4.78, 5) is 14.1. The third kappa shape index (κ3) is 3.57. The van der Waals surface area contributed by atoms with Gasteiger partial charge in [-0.25, -0.2) is 9.97 Å². The van der Waals surface area contributed by atoms with Crippen LogP contribution in [-0.4, -0.2) is 40.9 Å². The molecular formula is C18H18ClN5S2. The van der Waals surface area contributed by atoms with Gasteiger partial charge < -0.3 is 4.90 Å². The van der Waals surface area contributed by atoms with E-state index < -0.39 is 0 Å². The molecule has 1 N–H and O–H groups in total. The molecule has 134 valence electrons. The van der Waals surface area contributed by atoms with Crippen molar-refractivity contribution in [2.45, 2.75) is 18.1 Å². The van der Waals surface area contributed by atoms with Gasteiger partial charge in [0, 0.05) is 23.0 Å². The van der Waals surface area contributed by atoms with Crippen molar-refractivity contribution in [1.82, 2.24) is 14.9 Å². The molecule has 0 saturated heterocycles. The lowest BCUT2D eigenvalue weighted by molar-refractivity contribution is 0.318. The summed E-state index contributed by atoms with van der Waals surface area (Å²) in [5, 5.41) is 6.97. The van der Waals surface area contributed by atoms with E-state index in [0.29, 0.717) is 5.02 Å². The maximum atomic E-state index is 5.92.